The van der Waals surface area contributed by atoms with Crippen molar-refractivity contribution in [1.82, 2.24) is 29.1 Å². The van der Waals surface area contributed by atoms with E-state index >= 15 is 0 Å². The zero-order chi connectivity index (χ0) is 38.9. The predicted molar refractivity (Wildman–Crippen MR) is 238 cm³/mol. The van der Waals surface area contributed by atoms with Gasteiger partial charge in [-0.1, -0.05) is 140 Å². The normalized spacial score (nSPS) is 11.7. The highest BCUT2D eigenvalue weighted by Crippen LogP contribution is 2.42. The lowest BCUT2D eigenvalue weighted by Crippen LogP contribution is -2.07. The molecule has 0 bridgehead atoms. The highest BCUT2D eigenvalue weighted by atomic mass is 16.3. The summed E-state index contributed by atoms with van der Waals surface area (Å²) in [5.74, 6) is 1.63. The van der Waals surface area contributed by atoms with Gasteiger partial charge in [0.25, 0.3) is 5.89 Å². The van der Waals surface area contributed by atoms with Crippen LogP contribution in [0.25, 0.3) is 112 Å². The second kappa shape index (κ2) is 13.2. The summed E-state index contributed by atoms with van der Waals surface area (Å²) in [6, 6.07) is 67.3. The summed E-state index contributed by atoms with van der Waals surface area (Å²) in [4.78, 5) is 20.8. The Morgan fingerprint density at radius 1 is 0.356 bits per heavy atom. The van der Waals surface area contributed by atoms with Crippen LogP contribution in [-0.4, -0.2) is 29.1 Å². The van der Waals surface area contributed by atoms with Crippen LogP contribution in [0.5, 0.6) is 0 Å². The first-order valence-electron chi connectivity index (χ1n) is 19.6. The van der Waals surface area contributed by atoms with E-state index in [-0.39, 0.29) is 0 Å². The average Bonchev–Trinajstić information content (AvgIpc) is 4.00. The van der Waals surface area contributed by atoms with Gasteiger partial charge in [0, 0.05) is 32.8 Å². The lowest BCUT2D eigenvalue weighted by Gasteiger charge is -2.14. The van der Waals surface area contributed by atoms with Gasteiger partial charge < -0.3 is 8.98 Å². The molecule has 4 heterocycles. The number of para-hydroxylation sites is 5. The van der Waals surface area contributed by atoms with Crippen LogP contribution >= 0.6 is 0 Å². The van der Waals surface area contributed by atoms with Gasteiger partial charge in [-0.3, -0.25) is 4.57 Å². The zero-order valence-electron chi connectivity index (χ0n) is 31.6. The molecule has 0 aliphatic carbocycles. The Morgan fingerprint density at radius 3 is 1.51 bits per heavy atom. The minimum atomic E-state index is 0.322. The third kappa shape index (κ3) is 5.36. The maximum absolute atomic E-state index is 6.39. The molecule has 0 aliphatic rings. The van der Waals surface area contributed by atoms with E-state index in [9.17, 15) is 0 Å². The monoisotopic (exact) mass is 756 g/mol. The molecule has 7 heteroatoms. The number of aromatic nitrogens is 6. The van der Waals surface area contributed by atoms with Crippen LogP contribution in [0, 0.1) is 0 Å². The summed E-state index contributed by atoms with van der Waals surface area (Å²) in [7, 11) is 0. The highest BCUT2D eigenvalue weighted by molar-refractivity contribution is 6.23. The Balaban J connectivity index is 1.21. The molecule has 0 saturated heterocycles. The molecule has 0 amide bonds. The van der Waals surface area contributed by atoms with Gasteiger partial charge in [-0.15, -0.1) is 0 Å². The van der Waals surface area contributed by atoms with Crippen LogP contribution in [0.3, 0.4) is 0 Å². The topological polar surface area (TPSA) is 74.6 Å². The van der Waals surface area contributed by atoms with Crippen molar-refractivity contribution >= 4 is 54.7 Å². The first-order valence-corrected chi connectivity index (χ1v) is 19.6. The maximum Gasteiger partial charge on any atom is 0.266 e. The van der Waals surface area contributed by atoms with Crippen molar-refractivity contribution < 1.29 is 4.42 Å². The smallest absolute Gasteiger partial charge is 0.266 e. The lowest BCUT2D eigenvalue weighted by molar-refractivity contribution is 0.612. The maximum atomic E-state index is 6.39. The Hall–Kier alpha value is -8.16. The molecule has 0 N–H and O–H groups in total. The van der Waals surface area contributed by atoms with Crippen LogP contribution in [0.15, 0.2) is 199 Å². The average molecular weight is 757 g/mol. The second-order valence-electron chi connectivity index (χ2n) is 14.7. The second-order valence-corrected chi connectivity index (χ2v) is 14.7. The van der Waals surface area contributed by atoms with Gasteiger partial charge in [0.1, 0.15) is 5.52 Å². The number of fused-ring (bicyclic) bond motifs is 8. The van der Waals surface area contributed by atoms with E-state index in [1.807, 2.05) is 36.4 Å². The van der Waals surface area contributed by atoms with Crippen LogP contribution < -0.4 is 0 Å². The van der Waals surface area contributed by atoms with Crippen LogP contribution in [0.2, 0.25) is 0 Å². The molecule has 276 valence electrons. The molecule has 0 radical (unpaired) electrons. The Kier molecular flexibility index (Phi) is 7.40. The van der Waals surface area contributed by atoms with Crippen molar-refractivity contribution in [2.45, 2.75) is 0 Å². The minimum Gasteiger partial charge on any atom is -0.434 e. The SMILES string of the molecule is c1ccc(-c2cc(-c3ccccc3)cc(-c3nc(-c4nc5ccccc5o4)nc(-n4c5ccccc5c5ccc6c7ccccc7n(-c7ccccc7)c6c54)n3)c2)cc1. The number of nitrogens with zero attached hydrogens (tertiary/aromatic N) is 6. The van der Waals surface area contributed by atoms with Crippen molar-refractivity contribution in [2.75, 3.05) is 0 Å². The molecule has 12 aromatic rings. The fourth-order valence-electron chi connectivity index (χ4n) is 8.56. The van der Waals surface area contributed by atoms with Crippen molar-refractivity contribution in [3.8, 4) is 57.0 Å². The third-order valence-electron chi connectivity index (χ3n) is 11.2. The van der Waals surface area contributed by atoms with Gasteiger partial charge in [-0.2, -0.15) is 9.97 Å². The molecule has 7 nitrogen and oxygen atoms in total. The van der Waals surface area contributed by atoms with Gasteiger partial charge in [0.2, 0.25) is 11.8 Å². The summed E-state index contributed by atoms with van der Waals surface area (Å²) in [5.41, 5.74) is 11.8. The summed E-state index contributed by atoms with van der Waals surface area (Å²) in [6.07, 6.45) is 0. The Bertz CT molecular complexity index is 3460. The van der Waals surface area contributed by atoms with E-state index < -0.39 is 0 Å². The first-order chi connectivity index (χ1) is 29.2. The van der Waals surface area contributed by atoms with Crippen molar-refractivity contribution in [2.24, 2.45) is 0 Å². The largest absolute Gasteiger partial charge is 0.434 e. The molecule has 12 rings (SSSR count). The van der Waals surface area contributed by atoms with E-state index in [1.165, 1.54) is 5.39 Å². The highest BCUT2D eigenvalue weighted by Gasteiger charge is 2.24. The molecule has 59 heavy (non-hydrogen) atoms. The Labute approximate surface area is 338 Å². The quantitative estimate of drug-likeness (QED) is 0.169. The van der Waals surface area contributed by atoms with Gasteiger partial charge in [0.05, 0.1) is 22.1 Å². The molecule has 0 saturated carbocycles. The number of oxazole rings is 1. The summed E-state index contributed by atoms with van der Waals surface area (Å²) < 4.78 is 10.9. The fourth-order valence-corrected chi connectivity index (χ4v) is 8.56. The number of rotatable bonds is 6. The van der Waals surface area contributed by atoms with E-state index in [1.54, 1.807) is 0 Å². The lowest BCUT2D eigenvalue weighted by atomic mass is 9.96. The van der Waals surface area contributed by atoms with Crippen LogP contribution in [-0.2, 0) is 0 Å². The molecular weight excluding hydrogens is 725 g/mol. The molecular formula is C52H32N6O. The van der Waals surface area contributed by atoms with Crippen LogP contribution in [0.1, 0.15) is 0 Å². The Morgan fingerprint density at radius 2 is 0.864 bits per heavy atom. The molecule has 0 aliphatic heterocycles. The molecule has 4 aromatic heterocycles. The fraction of sp³-hybridized carbons (Fsp3) is 0. The van der Waals surface area contributed by atoms with Crippen LogP contribution in [0.4, 0.5) is 0 Å². The van der Waals surface area contributed by atoms with Crippen molar-refractivity contribution in [1.29, 1.82) is 0 Å². The minimum absolute atomic E-state index is 0.322. The summed E-state index contributed by atoms with van der Waals surface area (Å²) in [5, 5.41) is 4.49. The molecule has 0 atom stereocenters. The molecule has 0 unspecified atom stereocenters. The van der Waals surface area contributed by atoms with E-state index in [0.29, 0.717) is 29.1 Å². The third-order valence-corrected chi connectivity index (χ3v) is 11.2. The first kappa shape index (κ1) is 33.0. The van der Waals surface area contributed by atoms with E-state index in [0.717, 1.165) is 77.2 Å². The van der Waals surface area contributed by atoms with Gasteiger partial charge in [0.15, 0.2) is 11.4 Å². The van der Waals surface area contributed by atoms with Gasteiger partial charge in [-0.25, -0.2) is 9.97 Å². The summed E-state index contributed by atoms with van der Waals surface area (Å²) >= 11 is 0. The molecule has 0 fully saturated rings. The molecule has 8 aromatic carbocycles. The van der Waals surface area contributed by atoms with Gasteiger partial charge in [-0.05, 0) is 76.9 Å². The van der Waals surface area contributed by atoms with Gasteiger partial charge >= 0.3 is 0 Å². The number of hydrogen-bond acceptors (Lipinski definition) is 5. The number of hydrogen-bond donors (Lipinski definition) is 0. The molecule has 0 spiro atoms. The standard InChI is InChI=1S/C52H32N6O/c1-4-16-33(17-5-1)35-30-36(34-18-6-2-7-19-34)32-37(31-35)49-54-50(51-53-43-24-12-15-27-46(43)59-51)56-52(55-49)58-45-26-14-11-23-40(45)42-29-28-41-39-22-10-13-25-44(39)57(47(41)48(42)58)38-20-8-3-9-21-38/h1-32H. The number of benzene rings is 8. The zero-order valence-corrected chi connectivity index (χ0v) is 31.6. The van der Waals surface area contributed by atoms with E-state index in [4.69, 9.17) is 24.4 Å². The predicted octanol–water partition coefficient (Wildman–Crippen LogP) is 12.9. The van der Waals surface area contributed by atoms with Crippen molar-refractivity contribution in [3.05, 3.63) is 194 Å². The van der Waals surface area contributed by atoms with E-state index in [2.05, 4.69) is 167 Å². The summed E-state index contributed by atoms with van der Waals surface area (Å²) in [6.45, 7) is 0. The van der Waals surface area contributed by atoms with Crippen molar-refractivity contribution in [3.63, 3.8) is 0 Å².